The van der Waals surface area contributed by atoms with Crippen LogP contribution in [0.5, 0.6) is 0 Å². The number of aryl methyl sites for hydroxylation is 2. The quantitative estimate of drug-likeness (QED) is 0.377. The molecule has 1 aromatic heterocycles. The van der Waals surface area contributed by atoms with Crippen LogP contribution in [0.3, 0.4) is 0 Å². The van der Waals surface area contributed by atoms with E-state index < -0.39 is 0 Å². The fourth-order valence-electron chi connectivity index (χ4n) is 6.30. The van der Waals surface area contributed by atoms with Crippen LogP contribution in [0.1, 0.15) is 90.8 Å². The van der Waals surface area contributed by atoms with Crippen molar-refractivity contribution in [3.8, 4) is 0 Å². The molecule has 5 rings (SSSR count). The van der Waals surface area contributed by atoms with Gasteiger partial charge in [-0.05, 0) is 86.6 Å². The lowest BCUT2D eigenvalue weighted by molar-refractivity contribution is 0.0572. The van der Waals surface area contributed by atoms with Crippen molar-refractivity contribution in [3.05, 3.63) is 94.6 Å². The molecule has 0 bridgehead atoms. The van der Waals surface area contributed by atoms with Crippen molar-refractivity contribution >= 4 is 5.91 Å². The summed E-state index contributed by atoms with van der Waals surface area (Å²) in [6.07, 6.45) is 7.83. The van der Waals surface area contributed by atoms with E-state index in [1.807, 2.05) is 11.8 Å². The van der Waals surface area contributed by atoms with Gasteiger partial charge in [0, 0.05) is 30.4 Å². The lowest BCUT2D eigenvalue weighted by Gasteiger charge is -2.42. The predicted octanol–water partition coefficient (Wildman–Crippen LogP) is 6.35. The van der Waals surface area contributed by atoms with E-state index in [1.165, 1.54) is 29.5 Å². The highest BCUT2D eigenvalue weighted by molar-refractivity contribution is 5.93. The van der Waals surface area contributed by atoms with Gasteiger partial charge >= 0.3 is 0 Å². The molecule has 1 amide bonds. The summed E-state index contributed by atoms with van der Waals surface area (Å²) in [4.78, 5) is 27.2. The van der Waals surface area contributed by atoms with E-state index in [0.717, 1.165) is 63.1 Å². The number of piperidine rings is 2. The summed E-state index contributed by atoms with van der Waals surface area (Å²) in [6, 6.07) is 20.4. The minimum absolute atomic E-state index is 0.0620. The molecule has 0 unspecified atom stereocenters. The van der Waals surface area contributed by atoms with Crippen molar-refractivity contribution in [2.45, 2.75) is 83.6 Å². The van der Waals surface area contributed by atoms with Crippen LogP contribution in [0.25, 0.3) is 0 Å². The van der Waals surface area contributed by atoms with E-state index in [9.17, 15) is 4.79 Å². The third-order valence-corrected chi connectivity index (χ3v) is 8.93. The number of benzene rings is 2. The zero-order valence-electron chi connectivity index (χ0n) is 24.2. The van der Waals surface area contributed by atoms with Gasteiger partial charge in [-0.3, -0.25) is 4.79 Å². The molecule has 0 spiro atoms. The summed E-state index contributed by atoms with van der Waals surface area (Å²) < 4.78 is 0. The third-order valence-electron chi connectivity index (χ3n) is 8.93. The molecule has 2 fully saturated rings. The number of nitrogens with zero attached hydrogens (tertiary/aromatic N) is 4. The van der Waals surface area contributed by atoms with Crippen LogP contribution in [0.15, 0.2) is 60.9 Å². The first kappa shape index (κ1) is 27.5. The van der Waals surface area contributed by atoms with Crippen molar-refractivity contribution in [3.63, 3.8) is 0 Å². The van der Waals surface area contributed by atoms with E-state index in [4.69, 9.17) is 0 Å². The van der Waals surface area contributed by atoms with Gasteiger partial charge in [0.15, 0.2) is 0 Å². The van der Waals surface area contributed by atoms with Gasteiger partial charge in [-0.1, -0.05) is 75.4 Å². The van der Waals surface area contributed by atoms with Crippen molar-refractivity contribution in [2.24, 2.45) is 0 Å². The van der Waals surface area contributed by atoms with Crippen LogP contribution < -0.4 is 0 Å². The lowest BCUT2D eigenvalue weighted by Crippen LogP contribution is -2.49. The van der Waals surface area contributed by atoms with Gasteiger partial charge in [-0.2, -0.15) is 0 Å². The second-order valence-corrected chi connectivity index (χ2v) is 12.5. The largest absolute Gasteiger partial charge is 0.337 e. The van der Waals surface area contributed by atoms with Crippen LogP contribution in [-0.4, -0.2) is 57.9 Å². The Kier molecular flexibility index (Phi) is 8.46. The number of carbonyl (C=O) groups is 1. The van der Waals surface area contributed by atoms with Crippen molar-refractivity contribution in [2.75, 3.05) is 26.2 Å². The van der Waals surface area contributed by atoms with Gasteiger partial charge in [-0.15, -0.1) is 0 Å². The fourth-order valence-corrected chi connectivity index (χ4v) is 6.30. The minimum Gasteiger partial charge on any atom is -0.337 e. The zero-order valence-corrected chi connectivity index (χ0v) is 24.2. The maximum absolute atomic E-state index is 13.5. The van der Waals surface area contributed by atoms with Gasteiger partial charge in [0.2, 0.25) is 0 Å². The number of aromatic nitrogens is 2. The van der Waals surface area contributed by atoms with Crippen molar-refractivity contribution < 1.29 is 4.79 Å². The van der Waals surface area contributed by atoms with Crippen LogP contribution in [0, 0.1) is 6.92 Å². The van der Waals surface area contributed by atoms with E-state index in [-0.39, 0.29) is 11.3 Å². The number of carbonyl (C=O) groups excluding carboxylic acids is 1. The van der Waals surface area contributed by atoms with Gasteiger partial charge in [-0.25, -0.2) is 9.97 Å². The molecular formula is C34H44N4O. The highest BCUT2D eigenvalue weighted by atomic mass is 16.2. The molecule has 3 heterocycles. The maximum atomic E-state index is 13.5. The molecule has 2 saturated heterocycles. The zero-order chi connectivity index (χ0) is 27.4. The standard InChI is InChI=1S/C34H44N4O/c1-25-31(15-12-26-10-13-29(14-11-26)34(2,3)4)35-24-36-32(25)33(39)38-22-18-30(19-23-38)37-20-16-28(17-21-37)27-8-6-5-7-9-27/h5-11,13-14,24,28,30H,12,15-23H2,1-4H3. The van der Waals surface area contributed by atoms with E-state index in [2.05, 4.69) is 90.2 Å². The molecule has 2 aromatic carbocycles. The fraction of sp³-hybridized carbons (Fsp3) is 0.500. The Morgan fingerprint density at radius 1 is 0.846 bits per heavy atom. The summed E-state index contributed by atoms with van der Waals surface area (Å²) in [5, 5.41) is 0. The Morgan fingerprint density at radius 2 is 1.51 bits per heavy atom. The summed E-state index contributed by atoms with van der Waals surface area (Å²) in [7, 11) is 0. The van der Waals surface area contributed by atoms with Crippen molar-refractivity contribution in [1.82, 2.24) is 19.8 Å². The molecule has 0 N–H and O–H groups in total. The Balaban J connectivity index is 1.13. The van der Waals surface area contributed by atoms with E-state index in [1.54, 1.807) is 6.33 Å². The summed E-state index contributed by atoms with van der Waals surface area (Å²) in [5.74, 6) is 0.744. The molecule has 2 aliphatic rings. The Hall–Kier alpha value is -3.05. The topological polar surface area (TPSA) is 49.3 Å². The van der Waals surface area contributed by atoms with Gasteiger partial charge in [0.25, 0.3) is 5.91 Å². The molecule has 0 aliphatic carbocycles. The molecule has 0 saturated carbocycles. The molecule has 0 radical (unpaired) electrons. The van der Waals surface area contributed by atoms with Crippen LogP contribution in [0.2, 0.25) is 0 Å². The van der Waals surface area contributed by atoms with Crippen molar-refractivity contribution in [1.29, 1.82) is 0 Å². The Bertz CT molecular complexity index is 1230. The molecule has 3 aromatic rings. The summed E-state index contributed by atoms with van der Waals surface area (Å²) in [5.41, 5.74) is 6.76. The Labute approximate surface area is 234 Å². The Morgan fingerprint density at radius 3 is 2.15 bits per heavy atom. The molecule has 5 heteroatoms. The van der Waals surface area contributed by atoms with E-state index >= 15 is 0 Å². The highest BCUT2D eigenvalue weighted by Crippen LogP contribution is 2.31. The minimum atomic E-state index is 0.0620. The highest BCUT2D eigenvalue weighted by Gasteiger charge is 2.31. The van der Waals surface area contributed by atoms with E-state index in [0.29, 0.717) is 17.7 Å². The predicted molar refractivity (Wildman–Crippen MR) is 158 cm³/mol. The third kappa shape index (κ3) is 6.58. The first-order valence-electron chi connectivity index (χ1n) is 14.8. The number of hydrogen-bond donors (Lipinski definition) is 0. The van der Waals surface area contributed by atoms with Crippen LogP contribution in [-0.2, 0) is 18.3 Å². The normalized spacial score (nSPS) is 17.9. The summed E-state index contributed by atoms with van der Waals surface area (Å²) in [6.45, 7) is 12.7. The van der Waals surface area contributed by atoms with Gasteiger partial charge in [0.1, 0.15) is 12.0 Å². The van der Waals surface area contributed by atoms with Crippen LogP contribution >= 0.6 is 0 Å². The smallest absolute Gasteiger partial charge is 0.272 e. The first-order chi connectivity index (χ1) is 18.8. The molecule has 39 heavy (non-hydrogen) atoms. The molecular weight excluding hydrogens is 480 g/mol. The summed E-state index contributed by atoms with van der Waals surface area (Å²) >= 11 is 0. The SMILES string of the molecule is Cc1c(CCc2ccc(C(C)(C)C)cc2)ncnc1C(=O)N1CCC(N2CCC(c3ccccc3)CC2)CC1. The number of likely N-dealkylation sites (tertiary alicyclic amines) is 2. The number of amides is 1. The van der Waals surface area contributed by atoms with Gasteiger partial charge in [0.05, 0.1) is 0 Å². The molecule has 5 nitrogen and oxygen atoms in total. The molecule has 206 valence electrons. The second-order valence-electron chi connectivity index (χ2n) is 12.5. The lowest BCUT2D eigenvalue weighted by atomic mass is 9.86. The molecule has 0 atom stereocenters. The van der Waals surface area contributed by atoms with Gasteiger partial charge < -0.3 is 9.80 Å². The number of hydrogen-bond acceptors (Lipinski definition) is 4. The second kappa shape index (κ2) is 12.0. The average Bonchev–Trinajstić information content (AvgIpc) is 2.97. The first-order valence-corrected chi connectivity index (χ1v) is 14.8. The number of rotatable bonds is 6. The molecule has 2 aliphatic heterocycles. The maximum Gasteiger partial charge on any atom is 0.272 e. The van der Waals surface area contributed by atoms with Crippen LogP contribution in [0.4, 0.5) is 0 Å². The average molecular weight is 525 g/mol. The monoisotopic (exact) mass is 524 g/mol.